The van der Waals surface area contributed by atoms with Crippen LogP contribution in [0.2, 0.25) is 0 Å². The summed E-state index contributed by atoms with van der Waals surface area (Å²) in [5.41, 5.74) is 6.07. The Morgan fingerprint density at radius 3 is 2.08 bits per heavy atom. The third-order valence-electron chi connectivity index (χ3n) is 8.17. The molecule has 2 aromatic rings. The van der Waals surface area contributed by atoms with Crippen LogP contribution in [0.15, 0.2) is 139 Å². The second-order valence-electron chi connectivity index (χ2n) is 10.2. The summed E-state index contributed by atoms with van der Waals surface area (Å²) < 4.78 is 0. The molecule has 36 heavy (non-hydrogen) atoms. The lowest BCUT2D eigenvalue weighted by Crippen LogP contribution is -2.42. The zero-order valence-electron chi connectivity index (χ0n) is 20.8. The molecule has 0 heterocycles. The molecule has 0 radical (unpaired) electrons. The van der Waals surface area contributed by atoms with Crippen LogP contribution in [0.5, 0.6) is 0 Å². The van der Waals surface area contributed by atoms with Crippen LogP contribution in [0, 0.1) is 17.8 Å². The Bertz CT molecular complexity index is 1430. The van der Waals surface area contributed by atoms with E-state index in [4.69, 9.17) is 0 Å². The largest absolute Gasteiger partial charge is 0.0845 e. The fraction of sp³-hybridized carbons (Fsp3) is 0.222. The molecular weight excluding hydrogens is 432 g/mol. The summed E-state index contributed by atoms with van der Waals surface area (Å²) >= 11 is 0. The van der Waals surface area contributed by atoms with E-state index in [2.05, 4.69) is 134 Å². The Morgan fingerprint density at radius 2 is 1.25 bits per heavy atom. The van der Waals surface area contributed by atoms with Gasteiger partial charge in [0.15, 0.2) is 0 Å². The molecule has 0 aliphatic heterocycles. The lowest BCUT2D eigenvalue weighted by atomic mass is 9.64. The molecule has 0 nitrogen and oxygen atoms in total. The number of hydrogen-bond donors (Lipinski definition) is 0. The SMILES string of the molecule is C1=CC=CC(c2ccccc2)C(C2=c3ccccc3=C(C3=CC=CCC3)C3C=CC=CC23)CCC=C1. The van der Waals surface area contributed by atoms with Crippen molar-refractivity contribution in [3.63, 3.8) is 0 Å². The minimum atomic E-state index is 0.337. The predicted molar refractivity (Wildman–Crippen MR) is 154 cm³/mol. The number of fused-ring (bicyclic) bond motifs is 2. The zero-order valence-corrected chi connectivity index (χ0v) is 20.8. The van der Waals surface area contributed by atoms with E-state index in [1.165, 1.54) is 21.6 Å². The summed E-state index contributed by atoms with van der Waals surface area (Å²) in [4.78, 5) is 0. The molecule has 6 rings (SSSR count). The van der Waals surface area contributed by atoms with Gasteiger partial charge in [0, 0.05) is 17.8 Å². The zero-order chi connectivity index (χ0) is 24.2. The van der Waals surface area contributed by atoms with Crippen LogP contribution < -0.4 is 10.4 Å². The first kappa shape index (κ1) is 22.8. The Hall–Kier alpha value is -3.64. The van der Waals surface area contributed by atoms with Crippen molar-refractivity contribution in [2.75, 3.05) is 0 Å². The molecule has 4 aliphatic rings. The van der Waals surface area contributed by atoms with Crippen molar-refractivity contribution < 1.29 is 0 Å². The molecule has 178 valence electrons. The van der Waals surface area contributed by atoms with Gasteiger partial charge in [-0.15, -0.1) is 0 Å². The summed E-state index contributed by atoms with van der Waals surface area (Å²) in [6.07, 6.45) is 34.4. The highest BCUT2D eigenvalue weighted by atomic mass is 14.4. The molecule has 4 atom stereocenters. The first-order chi connectivity index (χ1) is 17.9. The van der Waals surface area contributed by atoms with E-state index in [9.17, 15) is 0 Å². The number of rotatable bonds is 3. The highest BCUT2D eigenvalue weighted by molar-refractivity contribution is 5.76. The van der Waals surface area contributed by atoms with Crippen LogP contribution in [0.1, 0.15) is 37.2 Å². The van der Waals surface area contributed by atoms with Crippen molar-refractivity contribution in [3.05, 3.63) is 155 Å². The molecule has 0 saturated heterocycles. The number of benzene rings is 2. The maximum absolute atomic E-state index is 2.48. The van der Waals surface area contributed by atoms with Gasteiger partial charge < -0.3 is 0 Å². The van der Waals surface area contributed by atoms with Gasteiger partial charge in [-0.3, -0.25) is 0 Å². The number of allylic oxidation sites excluding steroid dienone is 14. The van der Waals surface area contributed by atoms with Gasteiger partial charge in [-0.2, -0.15) is 0 Å². The first-order valence-electron chi connectivity index (χ1n) is 13.5. The van der Waals surface area contributed by atoms with Crippen molar-refractivity contribution in [3.8, 4) is 0 Å². The number of hydrogen-bond acceptors (Lipinski definition) is 0. The molecular formula is C36H34. The second kappa shape index (κ2) is 10.5. The molecule has 0 amide bonds. The van der Waals surface area contributed by atoms with Crippen LogP contribution in [-0.4, -0.2) is 0 Å². The van der Waals surface area contributed by atoms with E-state index in [0.717, 1.165) is 25.7 Å². The third kappa shape index (κ3) is 4.37. The molecule has 0 aromatic heterocycles. The Balaban J connectivity index is 1.63. The van der Waals surface area contributed by atoms with Gasteiger partial charge >= 0.3 is 0 Å². The van der Waals surface area contributed by atoms with Crippen LogP contribution >= 0.6 is 0 Å². The fourth-order valence-corrected chi connectivity index (χ4v) is 6.61. The molecule has 0 N–H and O–H groups in total. The summed E-state index contributed by atoms with van der Waals surface area (Å²) in [5, 5.41) is 2.90. The average molecular weight is 467 g/mol. The molecule has 0 heteroatoms. The van der Waals surface area contributed by atoms with Gasteiger partial charge in [0.05, 0.1) is 0 Å². The van der Waals surface area contributed by atoms with Crippen molar-refractivity contribution in [1.29, 1.82) is 0 Å². The molecule has 0 fully saturated rings. The lowest BCUT2D eigenvalue weighted by Gasteiger charge is -2.39. The van der Waals surface area contributed by atoms with Crippen molar-refractivity contribution in [2.24, 2.45) is 17.8 Å². The Labute approximate surface area is 215 Å². The van der Waals surface area contributed by atoms with Crippen molar-refractivity contribution >= 4 is 11.1 Å². The topological polar surface area (TPSA) is 0 Å². The molecule has 0 spiro atoms. The van der Waals surface area contributed by atoms with Crippen LogP contribution in [0.3, 0.4) is 0 Å². The standard InChI is InChI=1S/C36H34/c1-2-4-12-22-30(29(21-11-3-1)27-17-7-5-8-18-27)36-33-25-15-13-23-31(33)35(28-19-9-6-10-20-28)32-24-14-16-26-34(32)36/h1-9,11,13-19,21,23-26,29-31,33H,10,12,20,22H2. The van der Waals surface area contributed by atoms with E-state index in [0.29, 0.717) is 23.7 Å². The summed E-state index contributed by atoms with van der Waals surface area (Å²) in [6, 6.07) is 20.4. The first-order valence-corrected chi connectivity index (χ1v) is 13.5. The predicted octanol–water partition coefficient (Wildman–Crippen LogP) is 7.50. The average Bonchev–Trinajstić information content (AvgIpc) is 2.95. The molecule has 4 unspecified atom stereocenters. The maximum Gasteiger partial charge on any atom is 0.0131 e. The minimum absolute atomic E-state index is 0.337. The van der Waals surface area contributed by atoms with E-state index >= 15 is 0 Å². The summed E-state index contributed by atoms with van der Waals surface area (Å²) in [5.74, 6) is 1.54. The van der Waals surface area contributed by atoms with Crippen LogP contribution in [0.4, 0.5) is 0 Å². The highest BCUT2D eigenvalue weighted by Crippen LogP contribution is 2.46. The van der Waals surface area contributed by atoms with Gasteiger partial charge in [0.1, 0.15) is 0 Å². The highest BCUT2D eigenvalue weighted by Gasteiger charge is 2.37. The molecule has 0 saturated carbocycles. The van der Waals surface area contributed by atoms with Crippen LogP contribution in [-0.2, 0) is 0 Å². The quantitative estimate of drug-likeness (QED) is 0.439. The summed E-state index contributed by atoms with van der Waals surface area (Å²) in [7, 11) is 0. The maximum atomic E-state index is 2.48. The van der Waals surface area contributed by atoms with Crippen molar-refractivity contribution in [1.82, 2.24) is 0 Å². The molecule has 4 aliphatic carbocycles. The Kier molecular flexibility index (Phi) is 6.68. The van der Waals surface area contributed by atoms with Gasteiger partial charge in [-0.05, 0) is 58.7 Å². The summed E-state index contributed by atoms with van der Waals surface area (Å²) in [6.45, 7) is 0. The van der Waals surface area contributed by atoms with E-state index < -0.39 is 0 Å². The second-order valence-corrected chi connectivity index (χ2v) is 10.2. The van der Waals surface area contributed by atoms with Gasteiger partial charge in [0.2, 0.25) is 0 Å². The van der Waals surface area contributed by atoms with E-state index in [-0.39, 0.29) is 0 Å². The van der Waals surface area contributed by atoms with Gasteiger partial charge in [-0.25, -0.2) is 0 Å². The molecule has 0 bridgehead atoms. The van der Waals surface area contributed by atoms with E-state index in [1.54, 1.807) is 11.1 Å². The van der Waals surface area contributed by atoms with Crippen LogP contribution in [0.25, 0.3) is 11.1 Å². The lowest BCUT2D eigenvalue weighted by molar-refractivity contribution is 0.504. The third-order valence-corrected chi connectivity index (χ3v) is 8.17. The minimum Gasteiger partial charge on any atom is -0.0845 e. The monoisotopic (exact) mass is 466 g/mol. The van der Waals surface area contributed by atoms with Crippen molar-refractivity contribution in [2.45, 2.75) is 31.6 Å². The molecule has 2 aromatic carbocycles. The van der Waals surface area contributed by atoms with Gasteiger partial charge in [-0.1, -0.05) is 139 Å². The van der Waals surface area contributed by atoms with E-state index in [1.807, 2.05) is 0 Å². The Morgan fingerprint density at radius 1 is 0.556 bits per heavy atom. The fourth-order valence-electron chi connectivity index (χ4n) is 6.61. The smallest absolute Gasteiger partial charge is 0.0131 e. The van der Waals surface area contributed by atoms with Gasteiger partial charge in [0.25, 0.3) is 0 Å². The normalized spacial score (nSPS) is 26.9.